The van der Waals surface area contributed by atoms with Crippen molar-refractivity contribution in [3.8, 4) is 10.4 Å². The maximum Gasteiger partial charge on any atom is 0.247 e. The smallest absolute Gasteiger partial charge is 0.247 e. The molecular formula is C14H12BrNO2S. The molecule has 1 aromatic carbocycles. The maximum atomic E-state index is 10.8. The number of rotatable bonds is 4. The van der Waals surface area contributed by atoms with E-state index in [1.165, 1.54) is 0 Å². The van der Waals surface area contributed by atoms with E-state index >= 15 is 0 Å². The number of nitro groups is 1. The Morgan fingerprint density at radius 1 is 1.32 bits per heavy atom. The fraction of sp³-hybridized carbons (Fsp3) is 0.143. The van der Waals surface area contributed by atoms with Crippen molar-refractivity contribution in [1.29, 1.82) is 0 Å². The molecule has 0 aliphatic heterocycles. The van der Waals surface area contributed by atoms with Gasteiger partial charge >= 0.3 is 0 Å². The summed E-state index contributed by atoms with van der Waals surface area (Å²) in [6.07, 6.45) is 2.07. The lowest BCUT2D eigenvalue weighted by molar-refractivity contribution is -0.425. The van der Waals surface area contributed by atoms with Gasteiger partial charge in [0.25, 0.3) is 0 Å². The summed E-state index contributed by atoms with van der Waals surface area (Å²) in [5, 5.41) is 10.8. The molecule has 0 aliphatic carbocycles. The van der Waals surface area contributed by atoms with Crippen molar-refractivity contribution in [1.82, 2.24) is 0 Å². The first-order valence-electron chi connectivity index (χ1n) is 5.81. The van der Waals surface area contributed by atoms with E-state index in [1.807, 2.05) is 36.4 Å². The third-order valence-corrected chi connectivity index (χ3v) is 4.27. The van der Waals surface area contributed by atoms with Crippen LogP contribution in [-0.4, -0.2) is 4.92 Å². The lowest BCUT2D eigenvalue weighted by Crippen LogP contribution is -1.95. The third kappa shape index (κ3) is 3.52. The fourth-order valence-electron chi connectivity index (χ4n) is 1.65. The molecule has 3 nitrogen and oxygen atoms in total. The van der Waals surface area contributed by atoms with Gasteiger partial charge in [0.05, 0.1) is 4.92 Å². The minimum Gasteiger partial charge on any atom is -0.259 e. The minimum atomic E-state index is -0.320. The molecule has 0 unspecified atom stereocenters. The molecule has 1 aromatic heterocycles. The zero-order chi connectivity index (χ0) is 13.8. The van der Waals surface area contributed by atoms with Crippen LogP contribution in [0.4, 0.5) is 0 Å². The number of hydrogen-bond donors (Lipinski definition) is 0. The van der Waals surface area contributed by atoms with Gasteiger partial charge in [-0.15, -0.1) is 11.3 Å². The molecule has 0 fully saturated rings. The Labute approximate surface area is 123 Å². The van der Waals surface area contributed by atoms with Gasteiger partial charge in [0.1, 0.15) is 0 Å². The largest absolute Gasteiger partial charge is 0.259 e. The molecule has 0 amide bonds. The highest BCUT2D eigenvalue weighted by atomic mass is 79.9. The number of allylic oxidation sites excluding steroid dienone is 1. The lowest BCUT2D eigenvalue weighted by atomic mass is 10.2. The van der Waals surface area contributed by atoms with Crippen molar-refractivity contribution in [2.75, 3.05) is 0 Å². The molecule has 0 spiro atoms. The molecule has 0 atom stereocenters. The van der Waals surface area contributed by atoms with Crippen molar-refractivity contribution >= 4 is 33.3 Å². The molecule has 98 valence electrons. The van der Waals surface area contributed by atoms with Crippen LogP contribution in [0.3, 0.4) is 0 Å². The normalized spacial score (nSPS) is 11.6. The Kier molecular flexibility index (Phi) is 4.50. The Morgan fingerprint density at radius 2 is 2.00 bits per heavy atom. The first-order valence-corrected chi connectivity index (χ1v) is 7.42. The van der Waals surface area contributed by atoms with Gasteiger partial charge in [0.2, 0.25) is 5.70 Å². The number of hydrogen-bond acceptors (Lipinski definition) is 3. The van der Waals surface area contributed by atoms with E-state index in [1.54, 1.807) is 24.3 Å². The van der Waals surface area contributed by atoms with E-state index in [2.05, 4.69) is 15.9 Å². The maximum absolute atomic E-state index is 10.8. The van der Waals surface area contributed by atoms with Crippen LogP contribution < -0.4 is 0 Å². The van der Waals surface area contributed by atoms with E-state index in [0.29, 0.717) is 6.42 Å². The van der Waals surface area contributed by atoms with E-state index in [4.69, 9.17) is 0 Å². The van der Waals surface area contributed by atoms with Crippen LogP contribution in [0.15, 0.2) is 46.6 Å². The van der Waals surface area contributed by atoms with Crippen molar-refractivity contribution in [2.45, 2.75) is 13.3 Å². The molecule has 0 saturated carbocycles. The SMILES string of the molecule is CCC(=Cc1ccc(-c2ccc(Br)cc2)s1)[N+](=O)[O-]. The van der Waals surface area contributed by atoms with E-state index < -0.39 is 0 Å². The van der Waals surface area contributed by atoms with Gasteiger partial charge in [-0.25, -0.2) is 0 Å². The second-order valence-corrected chi connectivity index (χ2v) is 5.99. The predicted octanol–water partition coefficient (Wildman–Crippen LogP) is 5.21. The summed E-state index contributed by atoms with van der Waals surface area (Å²) in [6, 6.07) is 11.9. The number of benzene rings is 1. The van der Waals surface area contributed by atoms with Gasteiger partial charge < -0.3 is 0 Å². The zero-order valence-corrected chi connectivity index (χ0v) is 12.7. The number of nitrogens with zero attached hydrogens (tertiary/aromatic N) is 1. The fourth-order valence-corrected chi connectivity index (χ4v) is 2.89. The summed E-state index contributed by atoms with van der Waals surface area (Å²) in [5.41, 5.74) is 1.36. The van der Waals surface area contributed by atoms with Crippen LogP contribution in [0, 0.1) is 10.1 Å². The molecule has 0 aliphatic rings. The molecule has 0 N–H and O–H groups in total. The number of halogens is 1. The number of thiophene rings is 1. The van der Waals surface area contributed by atoms with Crippen molar-refractivity contribution in [2.24, 2.45) is 0 Å². The third-order valence-electron chi connectivity index (χ3n) is 2.66. The van der Waals surface area contributed by atoms with Gasteiger partial charge in [-0.05, 0) is 29.8 Å². The Morgan fingerprint density at radius 3 is 2.58 bits per heavy atom. The second kappa shape index (κ2) is 6.12. The Balaban J connectivity index is 2.29. The summed E-state index contributed by atoms with van der Waals surface area (Å²) >= 11 is 4.96. The average molecular weight is 338 g/mol. The molecule has 1 heterocycles. The quantitative estimate of drug-likeness (QED) is 0.568. The summed E-state index contributed by atoms with van der Waals surface area (Å²) in [4.78, 5) is 12.5. The molecule has 0 saturated heterocycles. The Hall–Kier alpha value is -1.46. The highest BCUT2D eigenvalue weighted by Gasteiger charge is 2.09. The molecule has 2 aromatic rings. The molecular weight excluding hydrogens is 326 g/mol. The second-order valence-electron chi connectivity index (χ2n) is 3.96. The average Bonchev–Trinajstić information content (AvgIpc) is 2.85. The molecule has 5 heteroatoms. The van der Waals surface area contributed by atoms with E-state index in [-0.39, 0.29) is 10.6 Å². The Bertz CT molecular complexity index is 617. The van der Waals surface area contributed by atoms with Crippen molar-refractivity contribution in [3.63, 3.8) is 0 Å². The monoisotopic (exact) mass is 337 g/mol. The zero-order valence-electron chi connectivity index (χ0n) is 10.3. The van der Waals surface area contributed by atoms with Gasteiger partial charge in [-0.2, -0.15) is 0 Å². The van der Waals surface area contributed by atoms with Gasteiger partial charge in [0, 0.05) is 26.7 Å². The topological polar surface area (TPSA) is 43.1 Å². The standard InChI is InChI=1S/C14H12BrNO2S/c1-2-12(16(17)18)9-13-7-8-14(19-13)10-3-5-11(15)6-4-10/h3-9H,2H2,1H3. The molecule has 19 heavy (non-hydrogen) atoms. The molecule has 0 radical (unpaired) electrons. The summed E-state index contributed by atoms with van der Waals surface area (Å²) < 4.78 is 1.04. The summed E-state index contributed by atoms with van der Waals surface area (Å²) in [6.45, 7) is 1.79. The molecule has 2 rings (SSSR count). The van der Waals surface area contributed by atoms with Crippen LogP contribution in [-0.2, 0) is 0 Å². The van der Waals surface area contributed by atoms with Crippen LogP contribution in [0.5, 0.6) is 0 Å². The summed E-state index contributed by atoms with van der Waals surface area (Å²) in [7, 11) is 0. The van der Waals surface area contributed by atoms with Gasteiger partial charge in [-0.1, -0.05) is 35.0 Å². The van der Waals surface area contributed by atoms with Gasteiger partial charge in [-0.3, -0.25) is 10.1 Å². The van der Waals surface area contributed by atoms with Crippen LogP contribution in [0.1, 0.15) is 18.2 Å². The minimum absolute atomic E-state index is 0.240. The van der Waals surface area contributed by atoms with E-state index in [9.17, 15) is 10.1 Å². The van der Waals surface area contributed by atoms with Crippen molar-refractivity contribution in [3.05, 3.63) is 61.6 Å². The predicted molar refractivity (Wildman–Crippen MR) is 82.7 cm³/mol. The lowest BCUT2D eigenvalue weighted by Gasteiger charge is -1.96. The first-order chi connectivity index (χ1) is 9.10. The first kappa shape index (κ1) is 14.0. The van der Waals surface area contributed by atoms with Gasteiger partial charge in [0.15, 0.2) is 0 Å². The summed E-state index contributed by atoms with van der Waals surface area (Å²) in [5.74, 6) is 0. The highest BCUT2D eigenvalue weighted by Crippen LogP contribution is 2.30. The van der Waals surface area contributed by atoms with Crippen LogP contribution in [0.25, 0.3) is 16.5 Å². The molecule has 0 bridgehead atoms. The highest BCUT2D eigenvalue weighted by molar-refractivity contribution is 9.10. The van der Waals surface area contributed by atoms with E-state index in [0.717, 1.165) is 19.8 Å². The van der Waals surface area contributed by atoms with Crippen LogP contribution in [0.2, 0.25) is 0 Å². The van der Waals surface area contributed by atoms with Crippen molar-refractivity contribution < 1.29 is 4.92 Å². The van der Waals surface area contributed by atoms with Crippen LogP contribution >= 0.6 is 27.3 Å².